The van der Waals surface area contributed by atoms with Crippen LogP contribution in [0.4, 0.5) is 0 Å². The normalized spacial score (nSPS) is 10.5. The highest BCUT2D eigenvalue weighted by Crippen LogP contribution is 2.15. The van der Waals surface area contributed by atoms with E-state index in [0.717, 1.165) is 19.1 Å². The quantitative estimate of drug-likeness (QED) is 0.121. The van der Waals surface area contributed by atoms with Gasteiger partial charge in [-0.3, -0.25) is 0 Å². The highest BCUT2D eigenvalue weighted by molar-refractivity contribution is 5.96. The minimum absolute atomic E-state index is 0.0277. The average molecular weight is 505 g/mol. The molecule has 0 bridgehead atoms. The molecule has 2 N–H and O–H groups in total. The van der Waals surface area contributed by atoms with Crippen LogP contribution in [0.15, 0.2) is 18.2 Å². The Kier molecular flexibility index (Phi) is 23.0. The van der Waals surface area contributed by atoms with Gasteiger partial charge >= 0.3 is 11.9 Å². The van der Waals surface area contributed by atoms with Crippen LogP contribution < -0.4 is 0 Å². The maximum absolute atomic E-state index is 10.6. The Labute approximate surface area is 220 Å². The molecule has 0 saturated heterocycles. The summed E-state index contributed by atoms with van der Waals surface area (Å²) in [7, 11) is 0. The van der Waals surface area contributed by atoms with Crippen LogP contribution in [0.2, 0.25) is 0 Å². The molecule has 206 valence electrons. The maximum atomic E-state index is 10.6. The third-order valence-electron chi connectivity index (χ3n) is 6.72. The van der Waals surface area contributed by atoms with Gasteiger partial charge in [0.05, 0.1) is 11.1 Å². The van der Waals surface area contributed by atoms with Crippen molar-refractivity contribution in [3.63, 3.8) is 0 Å². The van der Waals surface area contributed by atoms with E-state index >= 15 is 0 Å². The van der Waals surface area contributed by atoms with Gasteiger partial charge in [-0.05, 0) is 31.0 Å². The van der Waals surface area contributed by atoms with E-state index in [-0.39, 0.29) is 16.7 Å². The summed E-state index contributed by atoms with van der Waals surface area (Å²) in [5, 5.41) is 17.4. The second-order valence-corrected chi connectivity index (χ2v) is 9.91. The molecule has 0 aliphatic carbocycles. The lowest BCUT2D eigenvalue weighted by atomic mass is 10.0. The van der Waals surface area contributed by atoms with E-state index in [9.17, 15) is 14.4 Å². The fraction of sp³-hybridized carbons (Fsp3) is 0.710. The van der Waals surface area contributed by atoms with Gasteiger partial charge in [0.1, 0.15) is 6.29 Å². The topological polar surface area (TPSA) is 91.7 Å². The third kappa shape index (κ3) is 19.1. The Morgan fingerprint density at radius 3 is 1.19 bits per heavy atom. The number of carbonyl (C=O) groups excluding carboxylic acids is 1. The standard InChI is InChI=1S/C22H44O.C9H8O4/c1-2-3-4-5-6-7-8-9-10-11-12-13-14-15-16-17-18-19-20-21-22-23;1-5-6(8(10)11)3-2-4-7(5)9(12)13/h22H,2-21H2,1H3;2-4H,1H3,(H,10,11)(H,12,13). The van der Waals surface area contributed by atoms with Crippen molar-refractivity contribution >= 4 is 18.2 Å². The molecule has 0 amide bonds. The number of rotatable bonds is 22. The van der Waals surface area contributed by atoms with Gasteiger partial charge < -0.3 is 15.0 Å². The van der Waals surface area contributed by atoms with E-state index in [4.69, 9.17) is 10.2 Å². The number of hydrogen-bond acceptors (Lipinski definition) is 3. The lowest BCUT2D eigenvalue weighted by Crippen LogP contribution is -2.06. The van der Waals surface area contributed by atoms with Crippen LogP contribution in [0.3, 0.4) is 0 Å². The number of aromatic carboxylic acids is 2. The number of carboxylic acids is 2. The van der Waals surface area contributed by atoms with Crippen LogP contribution in [0.5, 0.6) is 0 Å². The predicted molar refractivity (Wildman–Crippen MR) is 149 cm³/mol. The monoisotopic (exact) mass is 504 g/mol. The molecule has 0 spiro atoms. The Balaban J connectivity index is 0.000000790. The zero-order valence-corrected chi connectivity index (χ0v) is 23.1. The summed E-state index contributed by atoms with van der Waals surface area (Å²) in [4.78, 5) is 31.4. The summed E-state index contributed by atoms with van der Waals surface area (Å²) in [5.74, 6) is -2.22. The van der Waals surface area contributed by atoms with Gasteiger partial charge in [0, 0.05) is 6.42 Å². The van der Waals surface area contributed by atoms with E-state index in [1.165, 1.54) is 141 Å². The first kappa shape index (κ1) is 33.8. The number of unbranched alkanes of at least 4 members (excludes halogenated alkanes) is 19. The number of hydrogen-bond donors (Lipinski definition) is 2. The van der Waals surface area contributed by atoms with Gasteiger partial charge in [0.25, 0.3) is 0 Å². The van der Waals surface area contributed by atoms with Gasteiger partial charge in [-0.2, -0.15) is 0 Å². The second-order valence-electron chi connectivity index (χ2n) is 9.91. The largest absolute Gasteiger partial charge is 0.478 e. The molecule has 0 fully saturated rings. The van der Waals surface area contributed by atoms with Crippen molar-refractivity contribution in [3.05, 3.63) is 34.9 Å². The Morgan fingerprint density at radius 1 is 0.611 bits per heavy atom. The summed E-state index contributed by atoms with van der Waals surface area (Å²) >= 11 is 0. The van der Waals surface area contributed by atoms with Crippen molar-refractivity contribution in [2.75, 3.05) is 0 Å². The molecule has 0 aliphatic rings. The van der Waals surface area contributed by atoms with Crippen molar-refractivity contribution in [1.82, 2.24) is 0 Å². The van der Waals surface area contributed by atoms with Crippen LogP contribution in [0.1, 0.15) is 162 Å². The van der Waals surface area contributed by atoms with Crippen LogP contribution in [0.25, 0.3) is 0 Å². The second kappa shape index (κ2) is 24.5. The average Bonchev–Trinajstić information content (AvgIpc) is 2.85. The van der Waals surface area contributed by atoms with E-state index in [2.05, 4.69) is 6.92 Å². The first-order valence-electron chi connectivity index (χ1n) is 14.5. The van der Waals surface area contributed by atoms with E-state index in [1.54, 1.807) is 0 Å². The zero-order valence-electron chi connectivity index (χ0n) is 23.1. The van der Waals surface area contributed by atoms with E-state index in [1.807, 2.05) is 0 Å². The number of aldehydes is 1. The number of carboxylic acid groups (broad SMARTS) is 2. The molecule has 0 radical (unpaired) electrons. The smallest absolute Gasteiger partial charge is 0.335 e. The molecule has 0 unspecified atom stereocenters. The molecule has 0 heterocycles. The van der Waals surface area contributed by atoms with E-state index < -0.39 is 11.9 Å². The number of carbonyl (C=O) groups is 3. The number of benzene rings is 1. The van der Waals surface area contributed by atoms with Crippen molar-refractivity contribution < 1.29 is 24.6 Å². The first-order chi connectivity index (χ1) is 17.5. The molecule has 0 saturated carbocycles. The van der Waals surface area contributed by atoms with Gasteiger partial charge in [-0.15, -0.1) is 0 Å². The Morgan fingerprint density at radius 2 is 0.917 bits per heavy atom. The molecule has 5 heteroatoms. The molecule has 0 atom stereocenters. The first-order valence-corrected chi connectivity index (χ1v) is 14.5. The van der Waals surface area contributed by atoms with Gasteiger partial charge in [-0.1, -0.05) is 129 Å². The highest BCUT2D eigenvalue weighted by atomic mass is 16.4. The lowest BCUT2D eigenvalue weighted by Gasteiger charge is -2.03. The molecule has 36 heavy (non-hydrogen) atoms. The molecule has 0 aromatic heterocycles. The van der Waals surface area contributed by atoms with Crippen molar-refractivity contribution in [1.29, 1.82) is 0 Å². The minimum atomic E-state index is -1.11. The van der Waals surface area contributed by atoms with Gasteiger partial charge in [0.15, 0.2) is 0 Å². The molecule has 1 aromatic rings. The third-order valence-corrected chi connectivity index (χ3v) is 6.72. The predicted octanol–water partition coefficient (Wildman–Crippen LogP) is 9.40. The minimum Gasteiger partial charge on any atom is -0.478 e. The molecule has 5 nitrogen and oxygen atoms in total. The summed E-state index contributed by atoms with van der Waals surface area (Å²) in [6, 6.07) is 4.17. The van der Waals surface area contributed by atoms with Gasteiger partial charge in [0.2, 0.25) is 0 Å². The molecule has 0 aliphatic heterocycles. The Bertz CT molecular complexity index is 666. The zero-order chi connectivity index (χ0) is 26.9. The Hall–Kier alpha value is -2.17. The molecular weight excluding hydrogens is 452 g/mol. The highest BCUT2D eigenvalue weighted by Gasteiger charge is 2.13. The van der Waals surface area contributed by atoms with Crippen LogP contribution >= 0.6 is 0 Å². The SMILES string of the molecule is CCCCCCCCCCCCCCCCCCCCCC=O.Cc1c(C(=O)O)cccc1C(=O)O. The summed E-state index contributed by atoms with van der Waals surface area (Å²) in [6.07, 6.45) is 28.5. The van der Waals surface area contributed by atoms with E-state index in [0.29, 0.717) is 0 Å². The maximum Gasteiger partial charge on any atom is 0.335 e. The molecular formula is C31H52O5. The fourth-order valence-electron chi connectivity index (χ4n) is 4.41. The fourth-order valence-corrected chi connectivity index (χ4v) is 4.41. The van der Waals surface area contributed by atoms with Crippen molar-refractivity contribution in [3.8, 4) is 0 Å². The summed E-state index contributed by atoms with van der Waals surface area (Å²) in [5.41, 5.74) is 0.335. The summed E-state index contributed by atoms with van der Waals surface area (Å²) < 4.78 is 0. The molecule has 1 rings (SSSR count). The molecule has 1 aromatic carbocycles. The van der Waals surface area contributed by atoms with Crippen LogP contribution in [-0.2, 0) is 4.79 Å². The lowest BCUT2D eigenvalue weighted by molar-refractivity contribution is -0.107. The van der Waals surface area contributed by atoms with Crippen molar-refractivity contribution in [2.45, 2.75) is 142 Å². The van der Waals surface area contributed by atoms with Gasteiger partial charge in [-0.25, -0.2) is 9.59 Å². The van der Waals surface area contributed by atoms with Crippen LogP contribution in [0, 0.1) is 6.92 Å². The van der Waals surface area contributed by atoms with Crippen molar-refractivity contribution in [2.24, 2.45) is 0 Å². The summed E-state index contributed by atoms with van der Waals surface area (Å²) in [6.45, 7) is 3.77. The van der Waals surface area contributed by atoms with Crippen LogP contribution in [-0.4, -0.2) is 28.4 Å².